The number of nitrogens with one attached hydrogen (secondary N) is 1. The normalized spacial score (nSPS) is 35.6. The number of hydrogen-bond acceptors (Lipinski definition) is 1. The fraction of sp³-hybridized carbons (Fsp3) is 1.00. The Hall–Kier alpha value is -0.0400. The van der Waals surface area contributed by atoms with Gasteiger partial charge in [-0.3, -0.25) is 0 Å². The van der Waals surface area contributed by atoms with E-state index in [1.54, 1.807) is 0 Å². The predicted octanol–water partition coefficient (Wildman–Crippen LogP) is 3.45. The van der Waals surface area contributed by atoms with Crippen LogP contribution in [0.1, 0.15) is 52.9 Å². The molecule has 0 aromatic heterocycles. The summed E-state index contributed by atoms with van der Waals surface area (Å²) >= 11 is 0. The summed E-state index contributed by atoms with van der Waals surface area (Å²) in [6.07, 6.45) is 7.00. The van der Waals surface area contributed by atoms with Crippen LogP contribution in [0.2, 0.25) is 0 Å². The van der Waals surface area contributed by atoms with Crippen molar-refractivity contribution in [2.45, 2.75) is 58.9 Å². The molecule has 14 heavy (non-hydrogen) atoms. The summed E-state index contributed by atoms with van der Waals surface area (Å²) < 4.78 is 0. The zero-order valence-electron chi connectivity index (χ0n) is 10.3. The molecule has 0 amide bonds. The van der Waals surface area contributed by atoms with Crippen molar-refractivity contribution in [2.75, 3.05) is 7.05 Å². The summed E-state index contributed by atoms with van der Waals surface area (Å²) in [5, 5.41) is 3.50. The van der Waals surface area contributed by atoms with Gasteiger partial charge in [-0.2, -0.15) is 0 Å². The van der Waals surface area contributed by atoms with E-state index in [0.717, 1.165) is 23.8 Å². The second-order valence-electron chi connectivity index (χ2n) is 5.32. The molecule has 1 saturated carbocycles. The van der Waals surface area contributed by atoms with Crippen LogP contribution in [0.3, 0.4) is 0 Å². The van der Waals surface area contributed by atoms with E-state index < -0.39 is 0 Å². The van der Waals surface area contributed by atoms with Gasteiger partial charge in [-0.05, 0) is 50.5 Å². The Morgan fingerprint density at radius 3 is 2.64 bits per heavy atom. The molecule has 0 aromatic carbocycles. The van der Waals surface area contributed by atoms with Crippen LogP contribution in [0, 0.1) is 17.8 Å². The summed E-state index contributed by atoms with van der Waals surface area (Å²) in [7, 11) is 2.13. The summed E-state index contributed by atoms with van der Waals surface area (Å²) in [6.45, 7) is 7.12. The molecule has 0 saturated heterocycles. The van der Waals surface area contributed by atoms with E-state index in [4.69, 9.17) is 0 Å². The van der Waals surface area contributed by atoms with Gasteiger partial charge in [0.2, 0.25) is 0 Å². The average molecular weight is 197 g/mol. The van der Waals surface area contributed by atoms with Crippen molar-refractivity contribution in [3.8, 4) is 0 Å². The van der Waals surface area contributed by atoms with Crippen LogP contribution in [0.15, 0.2) is 0 Å². The molecule has 0 heterocycles. The monoisotopic (exact) mass is 197 g/mol. The fourth-order valence-corrected chi connectivity index (χ4v) is 2.82. The first kappa shape index (κ1) is 12.0. The lowest BCUT2D eigenvalue weighted by Gasteiger charge is -2.36. The van der Waals surface area contributed by atoms with Gasteiger partial charge in [0.05, 0.1) is 0 Å². The minimum absolute atomic E-state index is 0.792. The van der Waals surface area contributed by atoms with Gasteiger partial charge in [0.1, 0.15) is 0 Å². The van der Waals surface area contributed by atoms with Crippen LogP contribution in [-0.2, 0) is 0 Å². The third-order valence-electron chi connectivity index (χ3n) is 4.02. The van der Waals surface area contributed by atoms with Gasteiger partial charge in [0.15, 0.2) is 0 Å². The van der Waals surface area contributed by atoms with Crippen molar-refractivity contribution >= 4 is 0 Å². The second-order valence-corrected chi connectivity index (χ2v) is 5.32. The van der Waals surface area contributed by atoms with Gasteiger partial charge in [-0.1, -0.05) is 27.2 Å². The van der Waals surface area contributed by atoms with E-state index in [0.29, 0.717) is 0 Å². The highest BCUT2D eigenvalue weighted by Gasteiger charge is 2.28. The third kappa shape index (κ3) is 3.27. The van der Waals surface area contributed by atoms with Crippen LogP contribution in [0.5, 0.6) is 0 Å². The second kappa shape index (κ2) is 5.75. The van der Waals surface area contributed by atoms with Crippen LogP contribution >= 0.6 is 0 Å². The highest BCUT2D eigenvalue weighted by molar-refractivity contribution is 4.83. The van der Waals surface area contributed by atoms with Gasteiger partial charge in [-0.25, -0.2) is 0 Å². The Balaban J connectivity index is 2.44. The molecule has 0 spiro atoms. The molecule has 0 aliphatic heterocycles. The van der Waals surface area contributed by atoms with Crippen LogP contribution in [0.4, 0.5) is 0 Å². The fourth-order valence-electron chi connectivity index (χ4n) is 2.82. The van der Waals surface area contributed by atoms with Crippen molar-refractivity contribution < 1.29 is 0 Å². The lowest BCUT2D eigenvalue weighted by molar-refractivity contribution is 0.189. The summed E-state index contributed by atoms with van der Waals surface area (Å²) in [4.78, 5) is 0. The van der Waals surface area contributed by atoms with Crippen molar-refractivity contribution in [1.29, 1.82) is 0 Å². The molecule has 4 atom stereocenters. The van der Waals surface area contributed by atoms with Gasteiger partial charge < -0.3 is 5.32 Å². The molecule has 0 aromatic rings. The first-order valence-corrected chi connectivity index (χ1v) is 6.34. The van der Waals surface area contributed by atoms with Crippen LogP contribution in [0.25, 0.3) is 0 Å². The molecular weight excluding hydrogens is 170 g/mol. The SMILES string of the molecule is CCC(C)CC1CC(C)CCC1NC. The molecule has 1 rings (SSSR count). The molecule has 1 heteroatoms. The molecule has 0 bridgehead atoms. The molecule has 0 radical (unpaired) electrons. The van der Waals surface area contributed by atoms with Crippen molar-refractivity contribution in [3.63, 3.8) is 0 Å². The lowest BCUT2D eigenvalue weighted by atomic mass is 9.75. The Bertz CT molecular complexity index is 155. The zero-order chi connectivity index (χ0) is 10.6. The van der Waals surface area contributed by atoms with E-state index in [1.165, 1.54) is 32.1 Å². The predicted molar refractivity (Wildman–Crippen MR) is 63.4 cm³/mol. The number of rotatable bonds is 4. The smallest absolute Gasteiger partial charge is 0.00926 e. The molecule has 1 aliphatic rings. The van der Waals surface area contributed by atoms with E-state index in [1.807, 2.05) is 0 Å². The standard InChI is InChI=1S/C13H27N/c1-5-10(2)8-12-9-11(3)6-7-13(12)14-4/h10-14H,5-9H2,1-4H3. The maximum atomic E-state index is 3.50. The minimum Gasteiger partial charge on any atom is -0.317 e. The maximum absolute atomic E-state index is 3.50. The van der Waals surface area contributed by atoms with Gasteiger partial charge in [-0.15, -0.1) is 0 Å². The van der Waals surface area contributed by atoms with E-state index in [-0.39, 0.29) is 0 Å². The summed E-state index contributed by atoms with van der Waals surface area (Å²) in [6, 6.07) is 0.792. The molecule has 1 nitrogen and oxygen atoms in total. The van der Waals surface area contributed by atoms with Gasteiger partial charge in [0.25, 0.3) is 0 Å². The van der Waals surface area contributed by atoms with Gasteiger partial charge in [0, 0.05) is 6.04 Å². The van der Waals surface area contributed by atoms with Crippen molar-refractivity contribution in [1.82, 2.24) is 5.32 Å². The molecule has 1 aliphatic carbocycles. The molecule has 4 unspecified atom stereocenters. The Morgan fingerprint density at radius 1 is 1.36 bits per heavy atom. The third-order valence-corrected chi connectivity index (χ3v) is 4.02. The van der Waals surface area contributed by atoms with Crippen molar-refractivity contribution in [2.24, 2.45) is 17.8 Å². The Kier molecular flexibility index (Phi) is 4.94. The highest BCUT2D eigenvalue weighted by Crippen LogP contribution is 2.33. The average Bonchev–Trinajstić information content (AvgIpc) is 2.18. The summed E-state index contributed by atoms with van der Waals surface area (Å²) in [5.74, 6) is 2.79. The van der Waals surface area contributed by atoms with Crippen LogP contribution < -0.4 is 5.32 Å². The first-order chi connectivity index (χ1) is 6.67. The van der Waals surface area contributed by atoms with E-state index in [9.17, 15) is 0 Å². The van der Waals surface area contributed by atoms with Crippen molar-refractivity contribution in [3.05, 3.63) is 0 Å². The van der Waals surface area contributed by atoms with Crippen LogP contribution in [-0.4, -0.2) is 13.1 Å². The number of hydrogen-bond donors (Lipinski definition) is 1. The summed E-state index contributed by atoms with van der Waals surface area (Å²) in [5.41, 5.74) is 0. The topological polar surface area (TPSA) is 12.0 Å². The lowest BCUT2D eigenvalue weighted by Crippen LogP contribution is -2.38. The van der Waals surface area contributed by atoms with E-state index >= 15 is 0 Å². The Labute approximate surface area is 89.7 Å². The quantitative estimate of drug-likeness (QED) is 0.728. The highest BCUT2D eigenvalue weighted by atomic mass is 14.9. The minimum atomic E-state index is 0.792. The zero-order valence-corrected chi connectivity index (χ0v) is 10.3. The Morgan fingerprint density at radius 2 is 2.07 bits per heavy atom. The van der Waals surface area contributed by atoms with Gasteiger partial charge >= 0.3 is 0 Å². The molecule has 84 valence electrons. The first-order valence-electron chi connectivity index (χ1n) is 6.34. The molecular formula is C13H27N. The molecule has 1 fully saturated rings. The van der Waals surface area contributed by atoms with E-state index in [2.05, 4.69) is 33.1 Å². The molecule has 1 N–H and O–H groups in total. The maximum Gasteiger partial charge on any atom is 0.00926 e. The largest absolute Gasteiger partial charge is 0.317 e.